The highest BCUT2D eigenvalue weighted by atomic mass is 79.9. The topological polar surface area (TPSA) is 232 Å². The Labute approximate surface area is 524 Å². The first-order chi connectivity index (χ1) is 41.9. The van der Waals surface area contributed by atoms with Crippen LogP contribution in [0.4, 0.5) is 29.2 Å². The summed E-state index contributed by atoms with van der Waals surface area (Å²) in [6, 6.07) is 18.4. The SMILES string of the molecule is CC1(C)OB(c2cc(Cl)c3c(c2)CC(CNC(=O)/C=C/c2ccc(N)nc2)O3)OC1(C)C.Nc1ccc(/C=C/C(=O)NCC2Cc3cc(-c4cc(F)c(C(=O)N5CCOCC5)c(F)c4)cc(Cl)c3O2)cn1.O=C(c1c(F)cc(Br)cc1F)N1CCOCC1. The molecular weight excluding hydrogens is 1250 g/mol. The fraction of sp³-hybridized carbons (Fsp3) is 0.323. The smallest absolute Gasteiger partial charge is 0.486 e. The van der Waals surface area contributed by atoms with Crippen LogP contribution in [0.3, 0.4) is 0 Å². The molecular formula is C62H62BBrCl2F4N8O10. The molecule has 2 unspecified atom stereocenters. The van der Waals surface area contributed by atoms with Gasteiger partial charge in [0.05, 0.1) is 60.8 Å². The lowest BCUT2D eigenvalue weighted by Crippen LogP contribution is -2.41. The molecule has 3 fully saturated rings. The number of rotatable bonds is 12. The number of hydrogen-bond acceptors (Lipinski definition) is 14. The van der Waals surface area contributed by atoms with Crippen LogP contribution in [0.1, 0.15) is 70.7 Å². The maximum atomic E-state index is 15.0. The molecule has 0 radical (unpaired) electrons. The molecule has 0 aliphatic carbocycles. The minimum Gasteiger partial charge on any atom is -0.486 e. The van der Waals surface area contributed by atoms with Gasteiger partial charge in [-0.15, -0.1) is 0 Å². The van der Waals surface area contributed by atoms with Gasteiger partial charge in [0.2, 0.25) is 11.8 Å². The zero-order chi connectivity index (χ0) is 63.0. The number of nitrogens with zero attached hydrogens (tertiary/aromatic N) is 4. The molecule has 26 heteroatoms. The van der Waals surface area contributed by atoms with Crippen molar-refractivity contribution in [3.05, 3.63) is 169 Å². The Morgan fingerprint density at radius 3 is 1.47 bits per heavy atom. The number of aromatic nitrogens is 2. The van der Waals surface area contributed by atoms with E-state index in [9.17, 15) is 36.7 Å². The molecule has 0 bridgehead atoms. The van der Waals surface area contributed by atoms with E-state index in [2.05, 4.69) is 36.5 Å². The molecule has 6 aromatic rings. The van der Waals surface area contributed by atoms with Gasteiger partial charge in [-0.3, -0.25) is 19.2 Å². The van der Waals surface area contributed by atoms with E-state index in [0.29, 0.717) is 92.6 Å². The number of carbonyl (C=O) groups is 4. The molecule has 0 saturated carbocycles. The lowest BCUT2D eigenvalue weighted by atomic mass is 9.78. The lowest BCUT2D eigenvalue weighted by Gasteiger charge is -2.32. The molecule has 2 atom stereocenters. The number of carbonyl (C=O) groups excluding carboxylic acids is 4. The van der Waals surface area contributed by atoms with E-state index in [1.54, 1.807) is 60.9 Å². The lowest BCUT2D eigenvalue weighted by molar-refractivity contribution is -0.117. The third-order valence-electron chi connectivity index (χ3n) is 15.1. The van der Waals surface area contributed by atoms with Crippen LogP contribution in [-0.2, 0) is 41.2 Å². The number of amides is 4. The van der Waals surface area contributed by atoms with Crippen molar-refractivity contribution in [2.75, 3.05) is 77.2 Å². The molecule has 4 amide bonds. The summed E-state index contributed by atoms with van der Waals surface area (Å²) in [5, 5.41) is 6.44. The predicted octanol–water partition coefficient (Wildman–Crippen LogP) is 8.82. The monoisotopic (exact) mass is 1310 g/mol. The summed E-state index contributed by atoms with van der Waals surface area (Å²) in [5.74, 6) is -3.52. The Morgan fingerprint density at radius 1 is 0.625 bits per heavy atom. The zero-order valence-corrected chi connectivity index (χ0v) is 51.4. The number of pyridine rings is 2. The van der Waals surface area contributed by atoms with Crippen molar-refractivity contribution in [1.82, 2.24) is 30.4 Å². The maximum Gasteiger partial charge on any atom is 0.494 e. The summed E-state index contributed by atoms with van der Waals surface area (Å²) < 4.78 is 91.8. The number of nitrogens with one attached hydrogen (secondary N) is 2. The fourth-order valence-corrected chi connectivity index (χ4v) is 10.7. The van der Waals surface area contributed by atoms with E-state index < -0.39 is 64.5 Å². The number of nitrogens with two attached hydrogens (primary N) is 2. The molecule has 2 aromatic heterocycles. The number of anilines is 2. The number of nitrogen functional groups attached to an aromatic ring is 2. The van der Waals surface area contributed by atoms with Crippen molar-refractivity contribution in [1.29, 1.82) is 0 Å². The highest BCUT2D eigenvalue weighted by Gasteiger charge is 2.52. The standard InChI is InChI=1S/C28H25ClF2N4O4.C23H27BClN3O4.C11H10BrF2NO2/c29-21-11-17(18-12-22(30)26(23(31)13-18)28(37)35-5-7-38-8-6-35)9-19-10-20(39-27(19)21)15-34-25(36)4-2-16-1-3-24(32)33-14-16;1-22(2)23(3,4)32-24(31-22)16-9-15-10-17(30-21(15)18(25)11-16)13-28-20(29)8-6-14-5-7-19(26)27-12-14;12-7-5-8(13)10(9(14)6-7)11(16)15-1-3-17-4-2-15/h1-4,9,11-14,20H,5-8,10,15H2,(H2,32,33)(H,34,36);5-9,11-12,17H,10,13H2,1-4H3,(H2,26,27)(H,28,29);5-6H,1-4H2/b4-2+;8-6+;. The van der Waals surface area contributed by atoms with E-state index >= 15 is 0 Å². The molecule has 5 aliphatic heterocycles. The molecule has 18 nitrogen and oxygen atoms in total. The van der Waals surface area contributed by atoms with Crippen molar-refractivity contribution in [2.45, 2.75) is 63.9 Å². The average Bonchev–Trinajstić information content (AvgIpc) is 2.47. The summed E-state index contributed by atoms with van der Waals surface area (Å²) in [4.78, 5) is 59.7. The second-order valence-electron chi connectivity index (χ2n) is 22.0. The molecule has 462 valence electrons. The molecule has 0 spiro atoms. The van der Waals surface area contributed by atoms with Gasteiger partial charge in [0.15, 0.2) is 0 Å². The first kappa shape index (κ1) is 64.9. The number of benzene rings is 4. The summed E-state index contributed by atoms with van der Waals surface area (Å²) in [7, 11) is -0.491. The summed E-state index contributed by atoms with van der Waals surface area (Å²) in [6.45, 7) is 11.4. The average molecular weight is 1320 g/mol. The minimum absolute atomic E-state index is 0.202. The Hall–Kier alpha value is -7.58. The molecule has 88 heavy (non-hydrogen) atoms. The normalized spacial score (nSPS) is 18.1. The van der Waals surface area contributed by atoms with Crippen molar-refractivity contribution >= 4 is 99.1 Å². The maximum absolute atomic E-state index is 15.0. The van der Waals surface area contributed by atoms with E-state index in [0.717, 1.165) is 52.0 Å². The van der Waals surface area contributed by atoms with Crippen molar-refractivity contribution in [3.8, 4) is 22.6 Å². The molecule has 11 rings (SSSR count). The fourth-order valence-electron chi connectivity index (χ4n) is 9.77. The van der Waals surface area contributed by atoms with Crippen molar-refractivity contribution in [3.63, 3.8) is 0 Å². The second kappa shape index (κ2) is 28.3. The Balaban J connectivity index is 0.000000169. The summed E-state index contributed by atoms with van der Waals surface area (Å²) in [6.07, 6.45) is 9.80. The summed E-state index contributed by atoms with van der Waals surface area (Å²) in [5.41, 5.74) is 14.0. The van der Waals surface area contributed by atoms with Gasteiger partial charge in [0, 0.05) is 73.6 Å². The van der Waals surface area contributed by atoms with E-state index in [1.165, 1.54) is 22.0 Å². The first-order valence-corrected chi connectivity index (χ1v) is 29.5. The predicted molar refractivity (Wildman–Crippen MR) is 329 cm³/mol. The highest BCUT2D eigenvalue weighted by Crippen LogP contribution is 2.42. The molecule has 5 aliphatic rings. The van der Waals surface area contributed by atoms with Gasteiger partial charge in [-0.1, -0.05) is 45.2 Å². The Morgan fingerprint density at radius 2 is 1.03 bits per heavy atom. The number of morpholine rings is 2. The first-order valence-electron chi connectivity index (χ1n) is 28.0. The molecule has 4 aromatic carbocycles. The van der Waals surface area contributed by atoms with Crippen LogP contribution in [0.2, 0.25) is 10.0 Å². The van der Waals surface area contributed by atoms with Gasteiger partial charge in [0.25, 0.3) is 11.8 Å². The number of hydrogen-bond donors (Lipinski definition) is 4. The van der Waals surface area contributed by atoms with Crippen LogP contribution < -0.4 is 37.0 Å². The van der Waals surface area contributed by atoms with Crippen LogP contribution in [0.15, 0.2) is 102 Å². The number of fused-ring (bicyclic) bond motifs is 2. The van der Waals surface area contributed by atoms with E-state index in [-0.39, 0.29) is 58.7 Å². The third kappa shape index (κ3) is 16.0. The third-order valence-corrected chi connectivity index (χ3v) is 16.2. The number of halogens is 7. The summed E-state index contributed by atoms with van der Waals surface area (Å²) >= 11 is 15.9. The van der Waals surface area contributed by atoms with E-state index in [1.807, 2.05) is 39.8 Å². The largest absolute Gasteiger partial charge is 0.494 e. The van der Waals surface area contributed by atoms with Crippen LogP contribution in [0.25, 0.3) is 23.3 Å². The zero-order valence-electron chi connectivity index (χ0n) is 48.3. The van der Waals surface area contributed by atoms with Crippen LogP contribution in [-0.4, -0.2) is 140 Å². The van der Waals surface area contributed by atoms with Gasteiger partial charge in [-0.25, -0.2) is 27.5 Å². The molecule has 7 heterocycles. The Kier molecular flexibility index (Phi) is 20.9. The minimum atomic E-state index is -0.947. The van der Waals surface area contributed by atoms with E-state index in [4.69, 9.17) is 62.9 Å². The Bertz CT molecular complexity index is 3590. The van der Waals surface area contributed by atoms with Gasteiger partial charge >= 0.3 is 7.12 Å². The highest BCUT2D eigenvalue weighted by molar-refractivity contribution is 9.10. The van der Waals surface area contributed by atoms with Crippen molar-refractivity contribution in [2.24, 2.45) is 0 Å². The quantitative estimate of drug-likeness (QED) is 0.0510. The molecule has 3 saturated heterocycles. The second-order valence-corrected chi connectivity index (χ2v) is 23.7. The van der Waals surface area contributed by atoms with Crippen LogP contribution in [0, 0.1) is 23.3 Å². The number of ether oxygens (including phenoxy) is 4. The van der Waals surface area contributed by atoms with Gasteiger partial charge < -0.3 is 60.2 Å². The van der Waals surface area contributed by atoms with Gasteiger partial charge in [-0.05, 0) is 140 Å². The molecule has 6 N–H and O–H groups in total. The van der Waals surface area contributed by atoms with Gasteiger partial charge in [-0.2, -0.15) is 0 Å². The van der Waals surface area contributed by atoms with Crippen LogP contribution >= 0.6 is 39.1 Å². The van der Waals surface area contributed by atoms with Crippen LogP contribution in [0.5, 0.6) is 11.5 Å². The van der Waals surface area contributed by atoms with Gasteiger partial charge in [0.1, 0.15) is 69.7 Å². The van der Waals surface area contributed by atoms with Crippen molar-refractivity contribution < 1.29 is 65.0 Å².